The number of hydrogen-bond acceptors (Lipinski definition) is 4. The highest BCUT2D eigenvalue weighted by Gasteiger charge is 2.16. The lowest BCUT2D eigenvalue weighted by molar-refractivity contribution is -0.115. The van der Waals surface area contributed by atoms with Crippen LogP contribution in [-0.4, -0.2) is 29.9 Å². The molecule has 0 saturated carbocycles. The van der Waals surface area contributed by atoms with Gasteiger partial charge in [-0.3, -0.25) is 9.59 Å². The lowest BCUT2D eigenvalue weighted by atomic mass is 10.3. The largest absolute Gasteiger partial charge is 0.497 e. The molecule has 2 aromatic carbocycles. The molecule has 0 aliphatic rings. The highest BCUT2D eigenvalue weighted by atomic mass is 35.5. The zero-order chi connectivity index (χ0) is 19.1. The molecule has 2 aromatic rings. The van der Waals surface area contributed by atoms with Crippen molar-refractivity contribution in [1.29, 1.82) is 0 Å². The van der Waals surface area contributed by atoms with E-state index in [1.807, 2.05) is 0 Å². The number of thioether (sulfide) groups is 1. The van der Waals surface area contributed by atoms with Crippen molar-refractivity contribution in [2.45, 2.75) is 12.2 Å². The number of ether oxygens (including phenoxy) is 1. The molecule has 5 nitrogen and oxygen atoms in total. The monoisotopic (exact) mass is 412 g/mol. The summed E-state index contributed by atoms with van der Waals surface area (Å²) >= 11 is 13.1. The van der Waals surface area contributed by atoms with E-state index in [1.165, 1.54) is 11.8 Å². The van der Waals surface area contributed by atoms with Gasteiger partial charge in [0.15, 0.2) is 0 Å². The summed E-state index contributed by atoms with van der Waals surface area (Å²) in [5, 5.41) is 5.96. The zero-order valence-electron chi connectivity index (χ0n) is 14.2. The second kappa shape index (κ2) is 9.71. The molecule has 0 aliphatic carbocycles. The van der Waals surface area contributed by atoms with E-state index in [4.69, 9.17) is 27.9 Å². The molecule has 0 saturated heterocycles. The number of carbonyl (C=O) groups is 2. The van der Waals surface area contributed by atoms with Gasteiger partial charge < -0.3 is 15.4 Å². The summed E-state index contributed by atoms with van der Waals surface area (Å²) in [5.41, 5.74) is 1.18. The van der Waals surface area contributed by atoms with Crippen LogP contribution in [0.3, 0.4) is 0 Å². The normalized spacial score (nSPS) is 11.5. The molecule has 0 spiro atoms. The van der Waals surface area contributed by atoms with E-state index in [-0.39, 0.29) is 17.6 Å². The van der Waals surface area contributed by atoms with Crippen molar-refractivity contribution >= 4 is 58.2 Å². The minimum absolute atomic E-state index is 0.150. The van der Waals surface area contributed by atoms with Gasteiger partial charge in [-0.1, -0.05) is 23.2 Å². The Bertz CT molecular complexity index is 764. The first-order valence-corrected chi connectivity index (χ1v) is 9.50. The van der Waals surface area contributed by atoms with Crippen LogP contribution in [0.1, 0.15) is 6.92 Å². The maximum atomic E-state index is 12.2. The Morgan fingerprint density at radius 3 is 2.23 bits per heavy atom. The molecular weight excluding hydrogens is 395 g/mol. The van der Waals surface area contributed by atoms with Crippen molar-refractivity contribution in [1.82, 2.24) is 0 Å². The van der Waals surface area contributed by atoms with E-state index in [2.05, 4.69) is 10.6 Å². The summed E-state index contributed by atoms with van der Waals surface area (Å²) in [6.45, 7) is 1.73. The minimum atomic E-state index is -0.422. The lowest BCUT2D eigenvalue weighted by Crippen LogP contribution is -2.25. The van der Waals surface area contributed by atoms with Crippen LogP contribution in [0.2, 0.25) is 10.0 Å². The Balaban J connectivity index is 1.81. The SMILES string of the molecule is COc1ccc(NC(=O)CS[C@@H](C)C(=O)Nc2cc(Cl)cc(Cl)c2)cc1. The average molecular weight is 413 g/mol. The van der Waals surface area contributed by atoms with Crippen LogP contribution in [0.25, 0.3) is 0 Å². The maximum absolute atomic E-state index is 12.2. The van der Waals surface area contributed by atoms with Crippen LogP contribution in [0, 0.1) is 0 Å². The number of hydrogen-bond donors (Lipinski definition) is 2. The van der Waals surface area contributed by atoms with Gasteiger partial charge in [0, 0.05) is 21.4 Å². The lowest BCUT2D eigenvalue weighted by Gasteiger charge is -2.12. The number of amides is 2. The van der Waals surface area contributed by atoms with Crippen LogP contribution < -0.4 is 15.4 Å². The second-order valence-corrected chi connectivity index (χ2v) is 7.58. The average Bonchev–Trinajstić information content (AvgIpc) is 2.59. The van der Waals surface area contributed by atoms with Gasteiger partial charge in [-0.05, 0) is 49.4 Å². The van der Waals surface area contributed by atoms with Gasteiger partial charge in [0.05, 0.1) is 18.1 Å². The molecule has 26 heavy (non-hydrogen) atoms. The standard InChI is InChI=1S/C18H18Cl2N2O3S/c1-11(18(24)22-15-8-12(19)7-13(20)9-15)26-10-17(23)21-14-3-5-16(25-2)6-4-14/h3-9,11H,10H2,1-2H3,(H,21,23)(H,22,24)/t11-/m0/s1. The van der Waals surface area contributed by atoms with Crippen LogP contribution >= 0.6 is 35.0 Å². The van der Waals surface area contributed by atoms with Gasteiger partial charge >= 0.3 is 0 Å². The summed E-state index contributed by atoms with van der Waals surface area (Å²) in [7, 11) is 1.58. The van der Waals surface area contributed by atoms with Crippen molar-refractivity contribution in [3.63, 3.8) is 0 Å². The number of benzene rings is 2. The van der Waals surface area contributed by atoms with Gasteiger partial charge in [0.1, 0.15) is 5.75 Å². The Hall–Kier alpha value is -1.89. The predicted molar refractivity (Wildman–Crippen MR) is 109 cm³/mol. The van der Waals surface area contributed by atoms with Gasteiger partial charge in [0.2, 0.25) is 11.8 Å². The summed E-state index contributed by atoms with van der Waals surface area (Å²) in [4.78, 5) is 24.2. The third-order valence-corrected chi connectivity index (χ3v) is 4.92. The Morgan fingerprint density at radius 1 is 1.04 bits per heavy atom. The van der Waals surface area contributed by atoms with Gasteiger partial charge in [-0.15, -0.1) is 11.8 Å². The van der Waals surface area contributed by atoms with Gasteiger partial charge in [-0.25, -0.2) is 0 Å². The van der Waals surface area contributed by atoms with Crippen molar-refractivity contribution in [3.8, 4) is 5.75 Å². The first kappa shape index (κ1) is 20.4. The summed E-state index contributed by atoms with van der Waals surface area (Å²) in [6.07, 6.45) is 0. The van der Waals surface area contributed by atoms with E-state index in [9.17, 15) is 9.59 Å². The number of halogens is 2. The van der Waals surface area contributed by atoms with E-state index >= 15 is 0 Å². The van der Waals surface area contributed by atoms with E-state index in [0.29, 0.717) is 27.2 Å². The Labute approximate surface area is 166 Å². The van der Waals surface area contributed by atoms with Crippen LogP contribution in [0.15, 0.2) is 42.5 Å². The summed E-state index contributed by atoms with van der Waals surface area (Å²) in [6, 6.07) is 11.8. The number of nitrogens with one attached hydrogen (secondary N) is 2. The molecule has 0 aliphatic heterocycles. The topological polar surface area (TPSA) is 67.4 Å². The fraction of sp³-hybridized carbons (Fsp3) is 0.222. The Kier molecular flexibility index (Phi) is 7.63. The first-order chi connectivity index (χ1) is 12.4. The molecule has 0 heterocycles. The third-order valence-electron chi connectivity index (χ3n) is 3.34. The smallest absolute Gasteiger partial charge is 0.237 e. The number of carbonyl (C=O) groups excluding carboxylic acids is 2. The molecule has 0 radical (unpaired) electrons. The fourth-order valence-corrected chi connectivity index (χ4v) is 3.23. The van der Waals surface area contributed by atoms with Crippen molar-refractivity contribution in [2.75, 3.05) is 23.5 Å². The quantitative estimate of drug-likeness (QED) is 0.691. The third kappa shape index (κ3) is 6.44. The number of rotatable bonds is 7. The molecule has 0 bridgehead atoms. The van der Waals surface area contributed by atoms with Gasteiger partial charge in [0.25, 0.3) is 0 Å². The molecule has 1 atom stereocenters. The van der Waals surface area contributed by atoms with E-state index < -0.39 is 5.25 Å². The maximum Gasteiger partial charge on any atom is 0.237 e. The molecular formula is C18H18Cl2N2O3S. The fourth-order valence-electron chi connectivity index (χ4n) is 2.02. The number of anilines is 2. The first-order valence-electron chi connectivity index (χ1n) is 7.70. The highest BCUT2D eigenvalue weighted by Crippen LogP contribution is 2.23. The highest BCUT2D eigenvalue weighted by molar-refractivity contribution is 8.01. The van der Waals surface area contributed by atoms with E-state index in [1.54, 1.807) is 56.5 Å². The second-order valence-electron chi connectivity index (χ2n) is 5.38. The zero-order valence-corrected chi connectivity index (χ0v) is 16.5. The minimum Gasteiger partial charge on any atom is -0.497 e. The van der Waals surface area contributed by atoms with Crippen molar-refractivity contribution in [2.24, 2.45) is 0 Å². The number of methoxy groups -OCH3 is 1. The van der Waals surface area contributed by atoms with Crippen molar-refractivity contribution < 1.29 is 14.3 Å². The molecule has 0 fully saturated rings. The molecule has 2 amide bonds. The predicted octanol–water partition coefficient (Wildman–Crippen LogP) is 4.70. The summed E-state index contributed by atoms with van der Waals surface area (Å²) < 4.78 is 5.07. The van der Waals surface area contributed by atoms with Crippen LogP contribution in [-0.2, 0) is 9.59 Å². The Morgan fingerprint density at radius 2 is 1.65 bits per heavy atom. The summed E-state index contributed by atoms with van der Waals surface area (Å²) in [5.74, 6) is 0.441. The molecule has 0 unspecified atom stereocenters. The molecule has 2 rings (SSSR count). The molecule has 8 heteroatoms. The van der Waals surface area contributed by atoms with Gasteiger partial charge in [-0.2, -0.15) is 0 Å². The molecule has 0 aromatic heterocycles. The molecule has 2 N–H and O–H groups in total. The molecule has 138 valence electrons. The van der Waals surface area contributed by atoms with Crippen molar-refractivity contribution in [3.05, 3.63) is 52.5 Å². The van der Waals surface area contributed by atoms with Crippen LogP contribution in [0.5, 0.6) is 5.75 Å². The van der Waals surface area contributed by atoms with Crippen LogP contribution in [0.4, 0.5) is 11.4 Å². The van der Waals surface area contributed by atoms with E-state index in [0.717, 1.165) is 0 Å².